The van der Waals surface area contributed by atoms with E-state index in [2.05, 4.69) is 27.5 Å². The Labute approximate surface area is 97.5 Å². The van der Waals surface area contributed by atoms with Gasteiger partial charge in [0.15, 0.2) is 11.4 Å². The summed E-state index contributed by atoms with van der Waals surface area (Å²) >= 11 is 3.20. The fourth-order valence-electron chi connectivity index (χ4n) is 0.954. The first-order valence-corrected chi connectivity index (χ1v) is 5.26. The van der Waals surface area contributed by atoms with E-state index in [4.69, 9.17) is 10.00 Å². The van der Waals surface area contributed by atoms with Crippen LogP contribution in [0.3, 0.4) is 0 Å². The van der Waals surface area contributed by atoms with Crippen LogP contribution in [-0.2, 0) is 0 Å². The van der Waals surface area contributed by atoms with Gasteiger partial charge in [0.1, 0.15) is 10.7 Å². The van der Waals surface area contributed by atoms with E-state index in [-0.39, 0.29) is 0 Å². The molecule has 0 atom stereocenters. The second-order valence-electron chi connectivity index (χ2n) is 3.15. The molecule has 0 radical (unpaired) electrons. The lowest BCUT2D eigenvalue weighted by molar-refractivity contribution is 0.319. The molecule has 78 valence electrons. The molecular formula is C11H11BrN2O. The lowest BCUT2D eigenvalue weighted by atomic mass is 10.2. The summed E-state index contributed by atoms with van der Waals surface area (Å²) < 4.78 is 6.06. The summed E-state index contributed by atoms with van der Waals surface area (Å²) in [5, 5.41) is 8.82. The van der Waals surface area contributed by atoms with Crippen LogP contribution < -0.4 is 4.74 Å². The standard InChI is InChI=1S/C11H11BrN2O/c1-8(2)5-6-15-10-3-4-11(12)14-9(10)7-13/h3-4H,1,5-6H2,2H3. The van der Waals surface area contributed by atoms with E-state index < -0.39 is 0 Å². The van der Waals surface area contributed by atoms with Crippen LogP contribution in [0.15, 0.2) is 28.9 Å². The average Bonchev–Trinajstić information content (AvgIpc) is 2.19. The van der Waals surface area contributed by atoms with Gasteiger partial charge in [-0.3, -0.25) is 0 Å². The fourth-order valence-corrected chi connectivity index (χ4v) is 1.26. The van der Waals surface area contributed by atoms with Gasteiger partial charge < -0.3 is 4.74 Å². The lowest BCUT2D eigenvalue weighted by Crippen LogP contribution is -2.00. The van der Waals surface area contributed by atoms with E-state index in [0.717, 1.165) is 12.0 Å². The maximum atomic E-state index is 8.82. The summed E-state index contributed by atoms with van der Waals surface area (Å²) in [5.41, 5.74) is 1.35. The summed E-state index contributed by atoms with van der Waals surface area (Å²) in [7, 11) is 0. The highest BCUT2D eigenvalue weighted by atomic mass is 79.9. The Hall–Kier alpha value is -1.34. The van der Waals surface area contributed by atoms with Crippen LogP contribution in [0.2, 0.25) is 0 Å². The van der Waals surface area contributed by atoms with Crippen LogP contribution >= 0.6 is 15.9 Å². The van der Waals surface area contributed by atoms with E-state index in [1.54, 1.807) is 12.1 Å². The first-order valence-electron chi connectivity index (χ1n) is 4.47. The molecule has 0 saturated carbocycles. The van der Waals surface area contributed by atoms with Gasteiger partial charge in [-0.1, -0.05) is 5.57 Å². The summed E-state index contributed by atoms with van der Waals surface area (Å²) in [5.74, 6) is 0.516. The number of rotatable bonds is 4. The molecule has 1 aromatic heterocycles. The molecule has 0 spiro atoms. The maximum Gasteiger partial charge on any atom is 0.183 e. The first-order chi connectivity index (χ1) is 7.13. The topological polar surface area (TPSA) is 45.9 Å². The van der Waals surface area contributed by atoms with E-state index >= 15 is 0 Å². The van der Waals surface area contributed by atoms with Gasteiger partial charge >= 0.3 is 0 Å². The van der Waals surface area contributed by atoms with Crippen LogP contribution in [0.4, 0.5) is 0 Å². The molecule has 0 aliphatic rings. The molecule has 0 aliphatic carbocycles. The van der Waals surface area contributed by atoms with Crippen LogP contribution in [0.5, 0.6) is 5.75 Å². The van der Waals surface area contributed by atoms with Crippen molar-refractivity contribution in [1.29, 1.82) is 5.26 Å². The molecule has 0 saturated heterocycles. The Morgan fingerprint density at radius 1 is 1.67 bits per heavy atom. The van der Waals surface area contributed by atoms with Crippen LogP contribution in [0.1, 0.15) is 19.0 Å². The third-order valence-electron chi connectivity index (χ3n) is 1.72. The predicted octanol–water partition coefficient (Wildman–Crippen LogP) is 3.06. The Morgan fingerprint density at radius 2 is 2.40 bits per heavy atom. The van der Waals surface area contributed by atoms with Crippen LogP contribution in [0.25, 0.3) is 0 Å². The minimum Gasteiger partial charge on any atom is -0.490 e. The molecule has 0 aliphatic heterocycles. The van der Waals surface area contributed by atoms with E-state index in [1.165, 1.54) is 0 Å². The quantitative estimate of drug-likeness (QED) is 0.622. The number of halogens is 1. The highest BCUT2D eigenvalue weighted by molar-refractivity contribution is 9.10. The van der Waals surface area contributed by atoms with Gasteiger partial charge in [-0.05, 0) is 35.0 Å². The molecule has 15 heavy (non-hydrogen) atoms. The predicted molar refractivity (Wildman–Crippen MR) is 61.6 cm³/mol. The Morgan fingerprint density at radius 3 is 3.00 bits per heavy atom. The van der Waals surface area contributed by atoms with Gasteiger partial charge in [-0.25, -0.2) is 4.98 Å². The number of nitrogens with zero attached hydrogens (tertiary/aromatic N) is 2. The second kappa shape index (κ2) is 5.52. The van der Waals surface area contributed by atoms with E-state index in [9.17, 15) is 0 Å². The van der Waals surface area contributed by atoms with Crippen LogP contribution in [-0.4, -0.2) is 11.6 Å². The van der Waals surface area contributed by atoms with Crippen LogP contribution in [0, 0.1) is 11.3 Å². The zero-order chi connectivity index (χ0) is 11.3. The summed E-state index contributed by atoms with van der Waals surface area (Å²) in [6.45, 7) is 6.23. The van der Waals surface area contributed by atoms with Gasteiger partial charge in [-0.2, -0.15) is 5.26 Å². The number of ether oxygens (including phenoxy) is 1. The first kappa shape index (κ1) is 11.7. The van der Waals surface area contributed by atoms with Gasteiger partial charge in [0.2, 0.25) is 0 Å². The van der Waals surface area contributed by atoms with Crippen molar-refractivity contribution in [3.8, 4) is 11.8 Å². The molecule has 0 amide bonds. The SMILES string of the molecule is C=C(C)CCOc1ccc(Br)nc1C#N. The zero-order valence-corrected chi connectivity index (χ0v) is 10.0. The van der Waals surface area contributed by atoms with Crippen molar-refractivity contribution in [2.45, 2.75) is 13.3 Å². The van der Waals surface area contributed by atoms with Crippen molar-refractivity contribution in [1.82, 2.24) is 4.98 Å². The van der Waals surface area contributed by atoms with Crippen molar-refractivity contribution in [2.75, 3.05) is 6.61 Å². The molecule has 0 bridgehead atoms. The number of hydrogen-bond donors (Lipinski definition) is 0. The minimum absolute atomic E-state index is 0.297. The monoisotopic (exact) mass is 266 g/mol. The fraction of sp³-hybridized carbons (Fsp3) is 0.273. The molecular weight excluding hydrogens is 256 g/mol. The molecule has 3 nitrogen and oxygen atoms in total. The Bertz CT molecular complexity index is 410. The summed E-state index contributed by atoms with van der Waals surface area (Å²) in [6, 6.07) is 5.46. The average molecular weight is 267 g/mol. The highest BCUT2D eigenvalue weighted by Gasteiger charge is 2.05. The Balaban J connectivity index is 2.69. The largest absolute Gasteiger partial charge is 0.490 e. The smallest absolute Gasteiger partial charge is 0.183 e. The van der Waals surface area contributed by atoms with Crippen molar-refractivity contribution < 1.29 is 4.74 Å². The van der Waals surface area contributed by atoms with Crippen molar-refractivity contribution >= 4 is 15.9 Å². The van der Waals surface area contributed by atoms with E-state index in [1.807, 2.05) is 13.0 Å². The number of nitriles is 1. The lowest BCUT2D eigenvalue weighted by Gasteiger charge is -2.06. The summed E-state index contributed by atoms with van der Waals surface area (Å²) in [4.78, 5) is 4.00. The van der Waals surface area contributed by atoms with Crippen molar-refractivity contribution in [3.05, 3.63) is 34.6 Å². The molecule has 0 N–H and O–H groups in total. The van der Waals surface area contributed by atoms with Crippen molar-refractivity contribution in [2.24, 2.45) is 0 Å². The molecule has 0 unspecified atom stereocenters. The Kier molecular flexibility index (Phi) is 4.32. The van der Waals surface area contributed by atoms with Gasteiger partial charge in [0.05, 0.1) is 6.61 Å². The molecule has 1 heterocycles. The number of hydrogen-bond acceptors (Lipinski definition) is 3. The normalized spacial score (nSPS) is 9.40. The number of aromatic nitrogens is 1. The minimum atomic E-state index is 0.297. The third kappa shape index (κ3) is 3.72. The van der Waals surface area contributed by atoms with Gasteiger partial charge in [-0.15, -0.1) is 6.58 Å². The van der Waals surface area contributed by atoms with Gasteiger partial charge in [0, 0.05) is 6.42 Å². The molecule has 0 fully saturated rings. The van der Waals surface area contributed by atoms with E-state index in [0.29, 0.717) is 22.7 Å². The zero-order valence-electron chi connectivity index (χ0n) is 8.46. The molecule has 4 heteroatoms. The highest BCUT2D eigenvalue weighted by Crippen LogP contribution is 2.19. The summed E-state index contributed by atoms with van der Waals surface area (Å²) in [6.07, 6.45) is 0.779. The second-order valence-corrected chi connectivity index (χ2v) is 3.96. The molecule has 1 aromatic rings. The third-order valence-corrected chi connectivity index (χ3v) is 2.16. The maximum absolute atomic E-state index is 8.82. The number of pyridine rings is 1. The molecule has 0 aromatic carbocycles. The van der Waals surface area contributed by atoms with Gasteiger partial charge in [0.25, 0.3) is 0 Å². The molecule has 1 rings (SSSR count). The van der Waals surface area contributed by atoms with Crippen molar-refractivity contribution in [3.63, 3.8) is 0 Å².